The number of amides is 2. The van der Waals surface area contributed by atoms with Crippen molar-refractivity contribution in [1.82, 2.24) is 5.32 Å². The average molecular weight is 419 g/mol. The molecule has 0 heterocycles. The Morgan fingerprint density at radius 3 is 2.07 bits per heavy atom. The molecule has 7 heteroatoms. The molecular formula is C22H30N2O4S. The maximum atomic E-state index is 12.9. The predicted octanol–water partition coefficient (Wildman–Crippen LogP) is 3.14. The smallest absolute Gasteiger partial charge is 0.226 e. The van der Waals surface area contributed by atoms with Gasteiger partial charge in [0, 0.05) is 30.3 Å². The second-order valence-electron chi connectivity index (χ2n) is 9.40. The lowest BCUT2D eigenvalue weighted by Crippen LogP contribution is -2.53. The number of nitrogens with one attached hydrogen (secondary N) is 2. The highest BCUT2D eigenvalue weighted by Crippen LogP contribution is 2.60. The predicted molar refractivity (Wildman–Crippen MR) is 111 cm³/mol. The van der Waals surface area contributed by atoms with Crippen LogP contribution < -0.4 is 10.6 Å². The van der Waals surface area contributed by atoms with Crippen LogP contribution in [0.2, 0.25) is 0 Å². The number of hydrogen-bond donors (Lipinski definition) is 2. The Balaban J connectivity index is 1.21. The first-order chi connectivity index (χ1) is 13.7. The zero-order chi connectivity index (χ0) is 20.6. The fourth-order valence-electron chi connectivity index (χ4n) is 6.04. The van der Waals surface area contributed by atoms with Gasteiger partial charge in [0.2, 0.25) is 11.8 Å². The number of carbonyl (C=O) groups excluding carboxylic acids is 2. The van der Waals surface area contributed by atoms with Gasteiger partial charge in [-0.05, 0) is 87.0 Å². The second kappa shape index (κ2) is 7.74. The van der Waals surface area contributed by atoms with Gasteiger partial charge in [-0.15, -0.1) is 0 Å². The van der Waals surface area contributed by atoms with Gasteiger partial charge in [-0.1, -0.05) is 0 Å². The van der Waals surface area contributed by atoms with Crippen molar-refractivity contribution in [3.8, 4) is 0 Å². The number of benzene rings is 1. The van der Waals surface area contributed by atoms with Crippen LogP contribution in [0.15, 0.2) is 29.2 Å². The summed E-state index contributed by atoms with van der Waals surface area (Å²) in [7, 11) is -3.24. The van der Waals surface area contributed by atoms with Crippen molar-refractivity contribution in [2.24, 2.45) is 23.2 Å². The van der Waals surface area contributed by atoms with Crippen LogP contribution in [0, 0.1) is 23.2 Å². The summed E-state index contributed by atoms with van der Waals surface area (Å²) in [5, 5.41) is 5.87. The van der Waals surface area contributed by atoms with E-state index in [4.69, 9.17) is 0 Å². The van der Waals surface area contributed by atoms with E-state index in [1.54, 1.807) is 12.1 Å². The third kappa shape index (κ3) is 4.49. The molecule has 4 aliphatic rings. The van der Waals surface area contributed by atoms with Gasteiger partial charge in [0.05, 0.1) is 4.90 Å². The first kappa shape index (κ1) is 20.4. The lowest BCUT2D eigenvalue weighted by molar-refractivity contribution is -0.146. The monoisotopic (exact) mass is 418 g/mol. The van der Waals surface area contributed by atoms with Gasteiger partial charge >= 0.3 is 0 Å². The molecule has 0 atom stereocenters. The molecule has 4 bridgehead atoms. The van der Waals surface area contributed by atoms with Gasteiger partial charge in [-0.3, -0.25) is 9.59 Å². The maximum Gasteiger partial charge on any atom is 0.226 e. The Hall–Kier alpha value is -1.89. The standard InChI is InChI=1S/C22H30N2O4S/c1-29(27,28)19-6-4-18(5-7-19)24-20(25)3-2-8-23-21(26)22-12-15-9-16(13-22)11-17(10-15)14-22/h4-7,15-17H,2-3,8-14H2,1H3,(H,23,26)(H,24,25). The highest BCUT2D eigenvalue weighted by atomic mass is 32.2. The molecule has 1 aromatic carbocycles. The van der Waals surface area contributed by atoms with E-state index in [2.05, 4.69) is 10.6 Å². The molecule has 4 fully saturated rings. The third-order valence-corrected chi connectivity index (χ3v) is 8.08. The van der Waals surface area contributed by atoms with Gasteiger partial charge in [0.1, 0.15) is 0 Å². The Kier molecular flexibility index (Phi) is 5.44. The van der Waals surface area contributed by atoms with Crippen molar-refractivity contribution in [3.05, 3.63) is 24.3 Å². The topological polar surface area (TPSA) is 92.3 Å². The molecular weight excluding hydrogens is 388 g/mol. The van der Waals surface area contributed by atoms with Crippen molar-refractivity contribution in [2.75, 3.05) is 18.1 Å². The summed E-state index contributed by atoms with van der Waals surface area (Å²) in [5.74, 6) is 2.29. The van der Waals surface area contributed by atoms with Crippen LogP contribution in [0.4, 0.5) is 5.69 Å². The summed E-state index contributed by atoms with van der Waals surface area (Å²) in [6, 6.07) is 6.14. The Morgan fingerprint density at radius 1 is 1.00 bits per heavy atom. The highest BCUT2D eigenvalue weighted by Gasteiger charge is 2.54. The maximum absolute atomic E-state index is 12.9. The van der Waals surface area contributed by atoms with Crippen molar-refractivity contribution >= 4 is 27.3 Å². The first-order valence-electron chi connectivity index (χ1n) is 10.6. The summed E-state index contributed by atoms with van der Waals surface area (Å²) in [5.41, 5.74) is 0.429. The van der Waals surface area contributed by atoms with Crippen molar-refractivity contribution in [3.63, 3.8) is 0 Å². The second-order valence-corrected chi connectivity index (χ2v) is 11.4. The van der Waals surface area contributed by atoms with Gasteiger partial charge in [-0.2, -0.15) is 0 Å². The Bertz CT molecular complexity index is 857. The minimum atomic E-state index is -3.24. The zero-order valence-electron chi connectivity index (χ0n) is 16.9. The van der Waals surface area contributed by atoms with E-state index in [0.717, 1.165) is 43.3 Å². The van der Waals surface area contributed by atoms with Gasteiger partial charge in [0.15, 0.2) is 9.84 Å². The van der Waals surface area contributed by atoms with E-state index >= 15 is 0 Å². The van der Waals surface area contributed by atoms with Gasteiger partial charge in [-0.25, -0.2) is 8.42 Å². The third-order valence-electron chi connectivity index (χ3n) is 6.95. The lowest BCUT2D eigenvalue weighted by atomic mass is 9.49. The van der Waals surface area contributed by atoms with Crippen LogP contribution in [-0.2, 0) is 19.4 Å². The minimum absolute atomic E-state index is 0.138. The van der Waals surface area contributed by atoms with Crippen molar-refractivity contribution in [2.45, 2.75) is 56.3 Å². The average Bonchev–Trinajstić information content (AvgIpc) is 2.63. The molecule has 2 N–H and O–H groups in total. The molecule has 6 nitrogen and oxygen atoms in total. The van der Waals surface area contributed by atoms with E-state index in [-0.39, 0.29) is 22.1 Å². The van der Waals surface area contributed by atoms with Crippen LogP contribution >= 0.6 is 0 Å². The first-order valence-corrected chi connectivity index (χ1v) is 12.5. The fraction of sp³-hybridized carbons (Fsp3) is 0.636. The van der Waals surface area contributed by atoms with Gasteiger partial charge < -0.3 is 10.6 Å². The summed E-state index contributed by atoms with van der Waals surface area (Å²) in [4.78, 5) is 25.2. The number of sulfone groups is 1. The molecule has 0 unspecified atom stereocenters. The van der Waals surface area contributed by atoms with E-state index in [1.165, 1.54) is 31.4 Å². The summed E-state index contributed by atoms with van der Waals surface area (Å²) < 4.78 is 22.9. The van der Waals surface area contributed by atoms with Crippen LogP contribution in [-0.4, -0.2) is 33.0 Å². The van der Waals surface area contributed by atoms with Crippen molar-refractivity contribution < 1.29 is 18.0 Å². The molecule has 4 saturated carbocycles. The minimum Gasteiger partial charge on any atom is -0.356 e. The zero-order valence-corrected chi connectivity index (χ0v) is 17.8. The van der Waals surface area contributed by atoms with E-state index < -0.39 is 9.84 Å². The molecule has 5 rings (SSSR count). The molecule has 0 saturated heterocycles. The van der Waals surface area contributed by atoms with E-state index in [1.807, 2.05) is 0 Å². The van der Waals surface area contributed by atoms with Crippen LogP contribution in [0.25, 0.3) is 0 Å². The van der Waals surface area contributed by atoms with Crippen LogP contribution in [0.5, 0.6) is 0 Å². The SMILES string of the molecule is CS(=O)(=O)c1ccc(NC(=O)CCCNC(=O)C23CC4CC(CC(C4)C2)C3)cc1. The molecule has 0 aliphatic heterocycles. The lowest BCUT2D eigenvalue weighted by Gasteiger charge is -2.55. The number of hydrogen-bond acceptors (Lipinski definition) is 4. The molecule has 29 heavy (non-hydrogen) atoms. The normalized spacial score (nSPS) is 30.2. The molecule has 0 radical (unpaired) electrons. The number of anilines is 1. The van der Waals surface area contributed by atoms with Crippen LogP contribution in [0.3, 0.4) is 0 Å². The summed E-state index contributed by atoms with van der Waals surface area (Å²) >= 11 is 0. The van der Waals surface area contributed by atoms with Gasteiger partial charge in [0.25, 0.3) is 0 Å². The highest BCUT2D eigenvalue weighted by molar-refractivity contribution is 7.90. The summed E-state index contributed by atoms with van der Waals surface area (Å²) in [6.45, 7) is 0.515. The largest absolute Gasteiger partial charge is 0.356 e. The quantitative estimate of drug-likeness (QED) is 0.666. The Labute approximate surface area is 172 Å². The Morgan fingerprint density at radius 2 is 1.55 bits per heavy atom. The molecule has 1 aromatic rings. The molecule has 2 amide bonds. The molecule has 0 aromatic heterocycles. The van der Waals surface area contributed by atoms with Crippen LogP contribution in [0.1, 0.15) is 51.4 Å². The number of carbonyl (C=O) groups is 2. The fourth-order valence-corrected chi connectivity index (χ4v) is 6.67. The number of rotatable bonds is 7. The molecule has 158 valence electrons. The van der Waals surface area contributed by atoms with Crippen molar-refractivity contribution in [1.29, 1.82) is 0 Å². The van der Waals surface area contributed by atoms with E-state index in [9.17, 15) is 18.0 Å². The summed E-state index contributed by atoms with van der Waals surface area (Å²) in [6.07, 6.45) is 9.16. The van der Waals surface area contributed by atoms with E-state index in [0.29, 0.717) is 25.1 Å². The molecule has 0 spiro atoms. The molecule has 4 aliphatic carbocycles.